The third-order valence-electron chi connectivity index (χ3n) is 5.32. The Labute approximate surface area is 188 Å². The molecule has 8 nitrogen and oxygen atoms in total. The van der Waals surface area contributed by atoms with Crippen molar-refractivity contribution in [3.05, 3.63) is 88.1 Å². The van der Waals surface area contributed by atoms with E-state index in [2.05, 4.69) is 21.5 Å². The molecule has 0 saturated heterocycles. The van der Waals surface area contributed by atoms with Gasteiger partial charge in [0, 0.05) is 5.39 Å². The van der Waals surface area contributed by atoms with Gasteiger partial charge in [-0.3, -0.25) is 14.3 Å². The molecule has 0 aliphatic rings. The summed E-state index contributed by atoms with van der Waals surface area (Å²) < 4.78 is 16.1. The van der Waals surface area contributed by atoms with E-state index in [9.17, 15) is 14.0 Å². The fraction of sp³-hybridized carbons (Fsp3) is 0.125. The second-order valence-corrected chi connectivity index (χ2v) is 7.52. The minimum atomic E-state index is -0.864. The molecule has 0 atom stereocenters. The Morgan fingerprint density at radius 3 is 2.58 bits per heavy atom. The normalized spacial score (nSPS) is 10.7. The van der Waals surface area contributed by atoms with Crippen LogP contribution in [-0.4, -0.2) is 26.6 Å². The second kappa shape index (κ2) is 8.51. The number of carbonyl (C=O) groups excluding carboxylic acids is 2. The summed E-state index contributed by atoms with van der Waals surface area (Å²) in [6.45, 7) is 4.03. The third kappa shape index (κ3) is 4.14. The maximum Gasteiger partial charge on any atom is 0.267 e. The summed E-state index contributed by atoms with van der Waals surface area (Å²) in [5.41, 5.74) is 8.42. The van der Waals surface area contributed by atoms with E-state index in [0.717, 1.165) is 5.56 Å². The zero-order valence-corrected chi connectivity index (χ0v) is 17.9. The molecule has 0 unspecified atom stereocenters. The van der Waals surface area contributed by atoms with Gasteiger partial charge in [0.25, 0.3) is 11.8 Å². The molecule has 2 aromatic carbocycles. The Balaban J connectivity index is 1.68. The van der Waals surface area contributed by atoms with Crippen molar-refractivity contribution in [1.82, 2.24) is 14.8 Å². The Bertz CT molecular complexity index is 1450. The van der Waals surface area contributed by atoms with Crippen LogP contribution in [0.4, 0.5) is 10.1 Å². The van der Waals surface area contributed by atoms with Gasteiger partial charge in [0.05, 0.1) is 40.8 Å². The lowest BCUT2D eigenvalue weighted by molar-refractivity contribution is 0.0996. The highest BCUT2D eigenvalue weighted by molar-refractivity contribution is 6.14. The van der Waals surface area contributed by atoms with Gasteiger partial charge >= 0.3 is 0 Å². The number of nitriles is 1. The van der Waals surface area contributed by atoms with Gasteiger partial charge in [-0.25, -0.2) is 9.37 Å². The van der Waals surface area contributed by atoms with Crippen LogP contribution in [0.5, 0.6) is 0 Å². The van der Waals surface area contributed by atoms with Gasteiger partial charge in [0.1, 0.15) is 17.0 Å². The molecule has 2 heterocycles. The van der Waals surface area contributed by atoms with Crippen LogP contribution in [0.25, 0.3) is 10.9 Å². The molecule has 3 N–H and O–H groups in total. The highest BCUT2D eigenvalue weighted by atomic mass is 19.1. The van der Waals surface area contributed by atoms with Crippen LogP contribution >= 0.6 is 0 Å². The van der Waals surface area contributed by atoms with Crippen molar-refractivity contribution in [2.24, 2.45) is 5.73 Å². The van der Waals surface area contributed by atoms with Crippen molar-refractivity contribution >= 4 is 28.4 Å². The molecule has 0 radical (unpaired) electrons. The summed E-state index contributed by atoms with van der Waals surface area (Å²) in [7, 11) is 0. The predicted molar refractivity (Wildman–Crippen MR) is 120 cm³/mol. The molecule has 2 aromatic heterocycles. The SMILES string of the molecule is Cc1nn(Cc2ccc(C#N)cc2)c(C)c1NC(=O)c1cc(C(N)=O)nc2c(F)cccc12. The van der Waals surface area contributed by atoms with Crippen molar-refractivity contribution in [2.45, 2.75) is 20.4 Å². The topological polar surface area (TPSA) is 127 Å². The minimum absolute atomic E-state index is 0.0759. The van der Waals surface area contributed by atoms with Crippen molar-refractivity contribution < 1.29 is 14.0 Å². The minimum Gasteiger partial charge on any atom is -0.364 e. The number of nitrogens with zero attached hydrogens (tertiary/aromatic N) is 4. The van der Waals surface area contributed by atoms with E-state index in [1.165, 1.54) is 18.2 Å². The van der Waals surface area contributed by atoms with E-state index in [1.54, 1.807) is 29.8 Å². The number of aryl methyl sites for hydroxylation is 1. The molecule has 2 amide bonds. The van der Waals surface area contributed by atoms with Crippen molar-refractivity contribution in [2.75, 3.05) is 5.32 Å². The number of halogens is 1. The summed E-state index contributed by atoms with van der Waals surface area (Å²) >= 11 is 0. The first-order valence-corrected chi connectivity index (χ1v) is 10.0. The highest BCUT2D eigenvalue weighted by Crippen LogP contribution is 2.25. The predicted octanol–water partition coefficient (Wildman–Crippen LogP) is 3.46. The number of benzene rings is 2. The van der Waals surface area contributed by atoms with Crippen LogP contribution in [-0.2, 0) is 6.54 Å². The average Bonchev–Trinajstić information content (AvgIpc) is 3.06. The lowest BCUT2D eigenvalue weighted by Crippen LogP contribution is -2.18. The molecular weight excluding hydrogens is 423 g/mol. The molecule has 164 valence electrons. The first-order chi connectivity index (χ1) is 15.8. The third-order valence-corrected chi connectivity index (χ3v) is 5.32. The van der Waals surface area contributed by atoms with Crippen molar-refractivity contribution in [1.29, 1.82) is 5.26 Å². The van der Waals surface area contributed by atoms with Crippen LogP contribution in [0.2, 0.25) is 0 Å². The number of pyridine rings is 1. The summed E-state index contributed by atoms with van der Waals surface area (Å²) in [6.07, 6.45) is 0. The lowest BCUT2D eigenvalue weighted by Gasteiger charge is -2.11. The van der Waals surface area contributed by atoms with Crippen LogP contribution in [0.1, 0.15) is 43.4 Å². The van der Waals surface area contributed by atoms with Gasteiger partial charge in [0.2, 0.25) is 0 Å². The smallest absolute Gasteiger partial charge is 0.267 e. The first kappa shape index (κ1) is 21.6. The molecule has 0 saturated carbocycles. The summed E-state index contributed by atoms with van der Waals surface area (Å²) in [5, 5.41) is 16.5. The standard InChI is InChI=1S/C24H19FN6O2/c1-13-21(14(2)31(30-13)12-16-8-6-15(11-26)7-9-16)29-24(33)18-10-20(23(27)32)28-22-17(18)4-3-5-19(22)25/h3-10H,12H2,1-2H3,(H2,27,32)(H,29,33). The zero-order valence-electron chi connectivity index (χ0n) is 17.9. The van der Waals surface area contributed by atoms with Gasteiger partial charge in [-0.05, 0) is 43.7 Å². The number of hydrogen-bond donors (Lipinski definition) is 2. The van der Waals surface area contributed by atoms with Gasteiger partial charge in [-0.2, -0.15) is 10.4 Å². The van der Waals surface area contributed by atoms with Crippen molar-refractivity contribution in [3.8, 4) is 6.07 Å². The number of aromatic nitrogens is 3. The summed E-state index contributed by atoms with van der Waals surface area (Å²) in [4.78, 5) is 28.8. The number of hydrogen-bond acceptors (Lipinski definition) is 5. The van der Waals surface area contributed by atoms with Gasteiger partial charge in [-0.1, -0.05) is 24.3 Å². The maximum atomic E-state index is 14.3. The monoisotopic (exact) mass is 442 g/mol. The Morgan fingerprint density at radius 2 is 1.91 bits per heavy atom. The number of fused-ring (bicyclic) bond motifs is 1. The van der Waals surface area contributed by atoms with E-state index < -0.39 is 17.6 Å². The van der Waals surface area contributed by atoms with E-state index in [1.807, 2.05) is 19.1 Å². The van der Waals surface area contributed by atoms with Gasteiger partial charge in [-0.15, -0.1) is 0 Å². The maximum absolute atomic E-state index is 14.3. The largest absolute Gasteiger partial charge is 0.364 e. The molecule has 4 aromatic rings. The van der Waals surface area contributed by atoms with Gasteiger partial charge < -0.3 is 11.1 Å². The lowest BCUT2D eigenvalue weighted by atomic mass is 10.1. The fourth-order valence-corrected chi connectivity index (χ4v) is 3.60. The quantitative estimate of drug-likeness (QED) is 0.489. The van der Waals surface area contributed by atoms with Crippen molar-refractivity contribution in [3.63, 3.8) is 0 Å². The van der Waals surface area contributed by atoms with E-state index >= 15 is 0 Å². The molecule has 0 aliphatic carbocycles. The zero-order chi connectivity index (χ0) is 23.7. The number of para-hydroxylation sites is 1. The Kier molecular flexibility index (Phi) is 5.58. The number of nitrogens with two attached hydrogens (primary N) is 1. The number of rotatable bonds is 5. The van der Waals surface area contributed by atoms with Crippen LogP contribution in [0.3, 0.4) is 0 Å². The number of nitrogens with one attached hydrogen (secondary N) is 1. The molecule has 0 bridgehead atoms. The molecule has 0 aliphatic heterocycles. The Hall–Kier alpha value is -4.58. The van der Waals surface area contributed by atoms with Crippen LogP contribution in [0, 0.1) is 31.0 Å². The van der Waals surface area contributed by atoms with E-state index in [4.69, 9.17) is 11.0 Å². The molecular formula is C24H19FN6O2. The second-order valence-electron chi connectivity index (χ2n) is 7.52. The highest BCUT2D eigenvalue weighted by Gasteiger charge is 2.20. The molecule has 0 fully saturated rings. The molecule has 33 heavy (non-hydrogen) atoms. The molecule has 0 spiro atoms. The number of anilines is 1. The number of carbonyl (C=O) groups is 2. The van der Waals surface area contributed by atoms with E-state index in [0.29, 0.717) is 29.2 Å². The molecule has 4 rings (SSSR count). The first-order valence-electron chi connectivity index (χ1n) is 10.0. The van der Waals surface area contributed by atoms with E-state index in [-0.39, 0.29) is 22.2 Å². The van der Waals surface area contributed by atoms with Crippen LogP contribution < -0.4 is 11.1 Å². The average molecular weight is 442 g/mol. The van der Waals surface area contributed by atoms with Gasteiger partial charge in [0.15, 0.2) is 0 Å². The number of amides is 2. The Morgan fingerprint density at radius 1 is 1.18 bits per heavy atom. The summed E-state index contributed by atoms with van der Waals surface area (Å²) in [6, 6.07) is 14.7. The van der Waals surface area contributed by atoms with Crippen LogP contribution in [0.15, 0.2) is 48.5 Å². The molecule has 9 heteroatoms. The number of primary amides is 1. The fourth-order valence-electron chi connectivity index (χ4n) is 3.60. The summed E-state index contributed by atoms with van der Waals surface area (Å²) in [5.74, 6) is -2.07.